The summed E-state index contributed by atoms with van der Waals surface area (Å²) < 4.78 is 7.04. The maximum Gasteiger partial charge on any atom is 0.265 e. The molecule has 2 heterocycles. The van der Waals surface area contributed by atoms with Gasteiger partial charge in [0, 0.05) is 12.1 Å². The fraction of sp³-hybridized carbons (Fsp3) is 0.273. The van der Waals surface area contributed by atoms with E-state index in [2.05, 4.69) is 10.3 Å². The van der Waals surface area contributed by atoms with Gasteiger partial charge >= 0.3 is 0 Å². The molecule has 0 unspecified atom stereocenters. The Hall–Kier alpha value is -3.52. The summed E-state index contributed by atoms with van der Waals surface area (Å²) in [5, 5.41) is 3.35. The van der Waals surface area contributed by atoms with E-state index in [4.69, 9.17) is 10.5 Å². The van der Waals surface area contributed by atoms with Gasteiger partial charge in [0.15, 0.2) is 0 Å². The molecule has 1 aliphatic heterocycles. The molecule has 8 heteroatoms. The highest BCUT2D eigenvalue weighted by Gasteiger charge is 2.29. The molecule has 2 amide bonds. The molecule has 2 aromatic carbocycles. The van der Waals surface area contributed by atoms with Crippen LogP contribution in [0.15, 0.2) is 53.3 Å². The molecule has 3 aromatic rings. The second kappa shape index (κ2) is 8.08. The van der Waals surface area contributed by atoms with Crippen LogP contribution in [0.4, 0.5) is 0 Å². The number of nitrogens with one attached hydrogen (secondary N) is 1. The number of hydrogen-bond acceptors (Lipinski definition) is 5. The standard InChI is InChI=1S/C22H22N4O4/c1-13-25-18-5-3-2-4-17(18)22(29)26(13)15-8-6-14(7-9-15)21(28)24-12-16-10-11-19(30-16)20(23)27/h2-9,16,19H,10-12H2,1H3,(H2,23,27)(H,24,28)/t16-,19-/m1/s1. The van der Waals surface area contributed by atoms with Crippen LogP contribution >= 0.6 is 0 Å². The first-order chi connectivity index (χ1) is 14.4. The number of aromatic nitrogens is 2. The minimum atomic E-state index is -0.580. The van der Waals surface area contributed by atoms with E-state index in [1.807, 2.05) is 6.07 Å². The van der Waals surface area contributed by atoms with Crippen molar-refractivity contribution in [3.63, 3.8) is 0 Å². The molecule has 2 atom stereocenters. The Kier molecular flexibility index (Phi) is 5.33. The number of aryl methyl sites for hydroxylation is 1. The van der Waals surface area contributed by atoms with Gasteiger partial charge in [0.05, 0.1) is 22.7 Å². The van der Waals surface area contributed by atoms with Crippen LogP contribution in [0.1, 0.15) is 29.0 Å². The Bertz CT molecular complexity index is 1170. The summed E-state index contributed by atoms with van der Waals surface area (Å²) in [5.74, 6) is -0.167. The second-order valence-corrected chi connectivity index (χ2v) is 7.30. The molecule has 1 saturated heterocycles. The molecule has 3 N–H and O–H groups in total. The van der Waals surface area contributed by atoms with Crippen LogP contribution in [0.25, 0.3) is 16.6 Å². The summed E-state index contributed by atoms with van der Waals surface area (Å²) in [6.45, 7) is 2.08. The molecule has 1 aliphatic rings. The molecule has 8 nitrogen and oxygen atoms in total. The number of benzene rings is 2. The van der Waals surface area contributed by atoms with Crippen molar-refractivity contribution in [1.29, 1.82) is 0 Å². The van der Waals surface area contributed by atoms with Crippen LogP contribution in [0, 0.1) is 6.92 Å². The Morgan fingerprint density at radius 3 is 2.60 bits per heavy atom. The monoisotopic (exact) mass is 406 g/mol. The molecule has 0 radical (unpaired) electrons. The molecule has 30 heavy (non-hydrogen) atoms. The number of primary amides is 1. The first-order valence-electron chi connectivity index (χ1n) is 9.76. The van der Waals surface area contributed by atoms with Crippen molar-refractivity contribution < 1.29 is 14.3 Å². The number of nitrogens with two attached hydrogens (primary N) is 1. The van der Waals surface area contributed by atoms with E-state index in [0.717, 1.165) is 0 Å². The number of para-hydroxylation sites is 1. The predicted octanol–water partition coefficient (Wildman–Crippen LogP) is 1.46. The lowest BCUT2D eigenvalue weighted by Crippen LogP contribution is -2.34. The van der Waals surface area contributed by atoms with E-state index in [1.54, 1.807) is 49.4 Å². The molecule has 1 fully saturated rings. The molecule has 0 saturated carbocycles. The zero-order valence-electron chi connectivity index (χ0n) is 16.5. The number of rotatable bonds is 5. The van der Waals surface area contributed by atoms with Crippen LogP contribution < -0.4 is 16.6 Å². The molecule has 0 aliphatic carbocycles. The lowest BCUT2D eigenvalue weighted by molar-refractivity contribution is -0.128. The number of carbonyl (C=O) groups excluding carboxylic acids is 2. The van der Waals surface area contributed by atoms with Crippen LogP contribution in [0.2, 0.25) is 0 Å². The first-order valence-corrected chi connectivity index (χ1v) is 9.76. The van der Waals surface area contributed by atoms with Crippen molar-refractivity contribution >= 4 is 22.7 Å². The quantitative estimate of drug-likeness (QED) is 0.665. The van der Waals surface area contributed by atoms with Gasteiger partial charge in [-0.2, -0.15) is 0 Å². The molecule has 4 rings (SSSR count). The van der Waals surface area contributed by atoms with Crippen LogP contribution in [-0.2, 0) is 9.53 Å². The molecule has 154 valence electrons. The fourth-order valence-electron chi connectivity index (χ4n) is 3.68. The molecular formula is C22H22N4O4. The summed E-state index contributed by atoms with van der Waals surface area (Å²) in [6.07, 6.45) is 0.432. The van der Waals surface area contributed by atoms with Gasteiger partial charge in [0.2, 0.25) is 5.91 Å². The van der Waals surface area contributed by atoms with Crippen LogP contribution in [0.5, 0.6) is 0 Å². The maximum atomic E-state index is 12.9. The van der Waals surface area contributed by atoms with E-state index >= 15 is 0 Å². The Labute approximate surface area is 172 Å². The number of carbonyl (C=O) groups is 2. The average molecular weight is 406 g/mol. The van der Waals surface area contributed by atoms with Gasteiger partial charge in [-0.3, -0.25) is 19.0 Å². The summed E-state index contributed by atoms with van der Waals surface area (Å²) in [4.78, 5) is 41.0. The zero-order chi connectivity index (χ0) is 21.3. The van der Waals surface area contributed by atoms with Gasteiger partial charge in [-0.1, -0.05) is 12.1 Å². The lowest BCUT2D eigenvalue weighted by Gasteiger charge is -2.13. The van der Waals surface area contributed by atoms with Crippen molar-refractivity contribution in [2.45, 2.75) is 32.0 Å². The van der Waals surface area contributed by atoms with Gasteiger partial charge in [0.25, 0.3) is 11.5 Å². The molecular weight excluding hydrogens is 384 g/mol. The van der Waals surface area contributed by atoms with E-state index in [-0.39, 0.29) is 17.6 Å². The van der Waals surface area contributed by atoms with E-state index in [1.165, 1.54) is 4.57 Å². The highest BCUT2D eigenvalue weighted by atomic mass is 16.5. The third kappa shape index (κ3) is 3.81. The predicted molar refractivity (Wildman–Crippen MR) is 111 cm³/mol. The topological polar surface area (TPSA) is 116 Å². The van der Waals surface area contributed by atoms with Gasteiger partial charge < -0.3 is 15.8 Å². The Balaban J connectivity index is 1.48. The van der Waals surface area contributed by atoms with Crippen LogP contribution in [0.3, 0.4) is 0 Å². The highest BCUT2D eigenvalue weighted by molar-refractivity contribution is 5.94. The summed E-state index contributed by atoms with van der Waals surface area (Å²) in [5.41, 5.74) is 6.83. The fourth-order valence-corrected chi connectivity index (χ4v) is 3.68. The van der Waals surface area contributed by atoms with E-state index in [9.17, 15) is 14.4 Å². The van der Waals surface area contributed by atoms with Crippen molar-refractivity contribution in [3.8, 4) is 5.69 Å². The van der Waals surface area contributed by atoms with Crippen LogP contribution in [-0.4, -0.2) is 40.1 Å². The SMILES string of the molecule is Cc1nc2ccccc2c(=O)n1-c1ccc(C(=O)NC[C@H]2CC[C@H](C(N)=O)O2)cc1. The van der Waals surface area contributed by atoms with E-state index in [0.29, 0.717) is 47.4 Å². The molecule has 0 spiro atoms. The lowest BCUT2D eigenvalue weighted by atomic mass is 10.1. The van der Waals surface area contributed by atoms with E-state index < -0.39 is 12.0 Å². The Morgan fingerprint density at radius 2 is 1.90 bits per heavy atom. The summed E-state index contributed by atoms with van der Waals surface area (Å²) in [6, 6.07) is 14.0. The summed E-state index contributed by atoms with van der Waals surface area (Å²) >= 11 is 0. The first kappa shape index (κ1) is 19.8. The van der Waals surface area contributed by atoms with Gasteiger partial charge in [-0.15, -0.1) is 0 Å². The smallest absolute Gasteiger partial charge is 0.265 e. The van der Waals surface area contributed by atoms with Crippen molar-refractivity contribution in [2.24, 2.45) is 5.73 Å². The normalized spacial score (nSPS) is 18.4. The average Bonchev–Trinajstić information content (AvgIpc) is 3.22. The van der Waals surface area contributed by atoms with Crippen molar-refractivity contribution in [1.82, 2.24) is 14.9 Å². The largest absolute Gasteiger partial charge is 0.367 e. The number of ether oxygens (including phenoxy) is 1. The number of fused-ring (bicyclic) bond motifs is 1. The van der Waals surface area contributed by atoms with Crippen molar-refractivity contribution in [3.05, 3.63) is 70.3 Å². The minimum absolute atomic E-state index is 0.155. The third-order valence-electron chi connectivity index (χ3n) is 5.25. The molecule has 1 aromatic heterocycles. The van der Waals surface area contributed by atoms with Gasteiger partial charge in [-0.05, 0) is 56.2 Å². The number of hydrogen-bond donors (Lipinski definition) is 2. The van der Waals surface area contributed by atoms with Gasteiger partial charge in [0.1, 0.15) is 11.9 Å². The zero-order valence-corrected chi connectivity index (χ0v) is 16.5. The second-order valence-electron chi connectivity index (χ2n) is 7.30. The highest BCUT2D eigenvalue weighted by Crippen LogP contribution is 2.19. The van der Waals surface area contributed by atoms with Crippen molar-refractivity contribution in [2.75, 3.05) is 6.54 Å². The number of amides is 2. The number of nitrogens with zero attached hydrogens (tertiary/aromatic N) is 2. The molecule has 0 bridgehead atoms. The summed E-state index contributed by atoms with van der Waals surface area (Å²) in [7, 11) is 0. The Morgan fingerprint density at radius 1 is 1.17 bits per heavy atom. The van der Waals surface area contributed by atoms with Gasteiger partial charge in [-0.25, -0.2) is 4.98 Å². The maximum absolute atomic E-state index is 12.9. The minimum Gasteiger partial charge on any atom is -0.367 e. The third-order valence-corrected chi connectivity index (χ3v) is 5.25.